The number of amides is 2. The Balaban J connectivity index is 1.39. The molecular formula is C23H29N5O3. The van der Waals surface area contributed by atoms with E-state index in [1.807, 2.05) is 42.2 Å². The highest BCUT2D eigenvalue weighted by Gasteiger charge is 2.28. The Bertz CT molecular complexity index is 915. The number of aryl methyl sites for hydroxylation is 1. The van der Waals surface area contributed by atoms with Gasteiger partial charge in [-0.1, -0.05) is 18.2 Å². The quantitative estimate of drug-likeness (QED) is 0.792. The fraction of sp³-hybridized carbons (Fsp3) is 0.478. The molecule has 0 aliphatic carbocycles. The molecule has 2 saturated heterocycles. The number of hydrogen-bond acceptors (Lipinski definition) is 6. The number of anilines is 1. The van der Waals surface area contributed by atoms with E-state index >= 15 is 0 Å². The molecule has 1 aromatic carbocycles. The van der Waals surface area contributed by atoms with Gasteiger partial charge >= 0.3 is 0 Å². The van der Waals surface area contributed by atoms with E-state index in [1.54, 1.807) is 6.20 Å². The summed E-state index contributed by atoms with van der Waals surface area (Å²) in [7, 11) is 0. The number of carbonyl (C=O) groups is 2. The van der Waals surface area contributed by atoms with Gasteiger partial charge < -0.3 is 15.0 Å². The molecule has 0 bridgehead atoms. The number of benzene rings is 1. The number of nitrogens with one attached hydrogen (secondary N) is 1. The maximum absolute atomic E-state index is 12.8. The third kappa shape index (κ3) is 5.45. The number of nitrogens with zero attached hydrogens (tertiary/aromatic N) is 4. The van der Waals surface area contributed by atoms with Crippen LogP contribution in [0.3, 0.4) is 0 Å². The number of carbonyl (C=O) groups excluding carboxylic acids is 2. The van der Waals surface area contributed by atoms with Crippen LogP contribution in [0.5, 0.6) is 0 Å². The van der Waals surface area contributed by atoms with E-state index in [1.165, 1.54) is 0 Å². The van der Waals surface area contributed by atoms with E-state index < -0.39 is 0 Å². The second kappa shape index (κ2) is 9.98. The predicted molar refractivity (Wildman–Crippen MR) is 117 cm³/mol. The van der Waals surface area contributed by atoms with Gasteiger partial charge in [-0.25, -0.2) is 9.97 Å². The molecule has 0 unspecified atom stereocenters. The molecule has 2 aliphatic rings. The van der Waals surface area contributed by atoms with E-state index in [9.17, 15) is 9.59 Å². The zero-order valence-corrected chi connectivity index (χ0v) is 17.9. The molecule has 2 aromatic rings. The standard InChI is InChI=1S/C23H29N5O3/c1-17-20(23(30)26-19-7-3-2-4-8-19)14-24-22(25-17)18-6-5-9-28(15-18)21(29)16-27-10-12-31-13-11-27/h2-4,7-8,14,18H,5-6,9-13,15-16H2,1H3,(H,26,30)/t18-/m1/s1. The lowest BCUT2D eigenvalue weighted by Crippen LogP contribution is -2.47. The summed E-state index contributed by atoms with van der Waals surface area (Å²) in [4.78, 5) is 38.6. The van der Waals surface area contributed by atoms with Crippen molar-refractivity contribution in [2.75, 3.05) is 51.3 Å². The summed E-state index contributed by atoms with van der Waals surface area (Å²) in [5, 5.41) is 2.87. The number of ether oxygens (including phenoxy) is 1. The van der Waals surface area contributed by atoms with E-state index in [4.69, 9.17) is 4.74 Å². The number of morpholine rings is 1. The maximum atomic E-state index is 12.8. The molecule has 2 fully saturated rings. The van der Waals surface area contributed by atoms with E-state index in [0.29, 0.717) is 43.4 Å². The fourth-order valence-electron chi connectivity index (χ4n) is 4.09. The summed E-state index contributed by atoms with van der Waals surface area (Å²) < 4.78 is 5.36. The molecule has 1 N–H and O–H groups in total. The first-order chi connectivity index (χ1) is 15.1. The molecule has 1 aromatic heterocycles. The van der Waals surface area contributed by atoms with Crippen LogP contribution in [0.15, 0.2) is 36.5 Å². The molecule has 8 heteroatoms. The molecule has 3 heterocycles. The van der Waals surface area contributed by atoms with Gasteiger partial charge in [0.2, 0.25) is 5.91 Å². The van der Waals surface area contributed by atoms with Crippen molar-refractivity contribution in [1.29, 1.82) is 0 Å². The number of likely N-dealkylation sites (tertiary alicyclic amines) is 1. The van der Waals surface area contributed by atoms with Gasteiger partial charge in [-0.15, -0.1) is 0 Å². The molecule has 4 rings (SSSR count). The minimum Gasteiger partial charge on any atom is -0.379 e. The van der Waals surface area contributed by atoms with Gasteiger partial charge in [-0.2, -0.15) is 0 Å². The molecular weight excluding hydrogens is 394 g/mol. The summed E-state index contributed by atoms with van der Waals surface area (Å²) >= 11 is 0. The van der Waals surface area contributed by atoms with Crippen LogP contribution in [0.25, 0.3) is 0 Å². The molecule has 8 nitrogen and oxygen atoms in total. The molecule has 2 amide bonds. The van der Waals surface area contributed by atoms with Gasteiger partial charge in [-0.05, 0) is 31.9 Å². The summed E-state index contributed by atoms with van der Waals surface area (Å²) in [6.07, 6.45) is 3.47. The third-order valence-electron chi connectivity index (χ3n) is 5.88. The number of para-hydroxylation sites is 1. The topological polar surface area (TPSA) is 87.7 Å². The highest BCUT2D eigenvalue weighted by atomic mass is 16.5. The SMILES string of the molecule is Cc1nc([C@@H]2CCCN(C(=O)CN3CCOCC3)C2)ncc1C(=O)Nc1ccccc1. The zero-order valence-electron chi connectivity index (χ0n) is 17.9. The second-order valence-corrected chi connectivity index (χ2v) is 8.11. The van der Waals surface area contributed by atoms with Gasteiger partial charge in [-0.3, -0.25) is 14.5 Å². The van der Waals surface area contributed by atoms with Crippen LogP contribution >= 0.6 is 0 Å². The Labute approximate surface area is 182 Å². The van der Waals surface area contributed by atoms with Gasteiger partial charge in [0.05, 0.1) is 31.0 Å². The number of rotatable bonds is 5. The number of piperidine rings is 1. The molecule has 164 valence electrons. The highest BCUT2D eigenvalue weighted by Crippen LogP contribution is 2.25. The largest absolute Gasteiger partial charge is 0.379 e. The number of hydrogen-bond donors (Lipinski definition) is 1. The van der Waals surface area contributed by atoms with Crippen molar-refractivity contribution in [3.8, 4) is 0 Å². The molecule has 1 atom stereocenters. The average molecular weight is 424 g/mol. The van der Waals surface area contributed by atoms with Gasteiger partial charge in [0, 0.05) is 44.0 Å². The minimum atomic E-state index is -0.221. The van der Waals surface area contributed by atoms with E-state index in [2.05, 4.69) is 20.2 Å². The lowest BCUT2D eigenvalue weighted by atomic mass is 9.96. The molecule has 0 radical (unpaired) electrons. The summed E-state index contributed by atoms with van der Waals surface area (Å²) in [5.41, 5.74) is 1.84. The van der Waals surface area contributed by atoms with Crippen molar-refractivity contribution in [2.24, 2.45) is 0 Å². The molecule has 2 aliphatic heterocycles. The third-order valence-corrected chi connectivity index (χ3v) is 5.88. The lowest BCUT2D eigenvalue weighted by molar-refractivity contribution is -0.134. The van der Waals surface area contributed by atoms with Crippen molar-refractivity contribution < 1.29 is 14.3 Å². The predicted octanol–water partition coefficient (Wildman–Crippen LogP) is 2.08. The van der Waals surface area contributed by atoms with E-state index in [-0.39, 0.29) is 17.7 Å². The second-order valence-electron chi connectivity index (χ2n) is 8.11. The van der Waals surface area contributed by atoms with Crippen LogP contribution in [0, 0.1) is 6.92 Å². The van der Waals surface area contributed by atoms with Crippen LogP contribution in [0.1, 0.15) is 40.6 Å². The van der Waals surface area contributed by atoms with Crippen LogP contribution < -0.4 is 5.32 Å². The Hall–Kier alpha value is -2.84. The highest BCUT2D eigenvalue weighted by molar-refractivity contribution is 6.04. The first-order valence-electron chi connectivity index (χ1n) is 10.9. The lowest BCUT2D eigenvalue weighted by Gasteiger charge is -2.34. The van der Waals surface area contributed by atoms with E-state index in [0.717, 1.165) is 38.2 Å². The van der Waals surface area contributed by atoms with Crippen molar-refractivity contribution >= 4 is 17.5 Å². The summed E-state index contributed by atoms with van der Waals surface area (Å²) in [6, 6.07) is 9.33. The summed E-state index contributed by atoms with van der Waals surface area (Å²) in [5.74, 6) is 0.730. The Morgan fingerprint density at radius 2 is 1.94 bits per heavy atom. The Morgan fingerprint density at radius 3 is 2.68 bits per heavy atom. The monoisotopic (exact) mass is 423 g/mol. The van der Waals surface area contributed by atoms with Crippen LogP contribution in [-0.4, -0.2) is 77.5 Å². The Morgan fingerprint density at radius 1 is 1.16 bits per heavy atom. The smallest absolute Gasteiger partial charge is 0.259 e. The first-order valence-corrected chi connectivity index (χ1v) is 10.9. The van der Waals surface area contributed by atoms with Crippen molar-refractivity contribution in [3.63, 3.8) is 0 Å². The molecule has 0 spiro atoms. The van der Waals surface area contributed by atoms with Gasteiger partial charge in [0.1, 0.15) is 5.82 Å². The average Bonchev–Trinajstić information content (AvgIpc) is 2.80. The number of aromatic nitrogens is 2. The first kappa shape index (κ1) is 21.4. The maximum Gasteiger partial charge on any atom is 0.259 e. The van der Waals surface area contributed by atoms with Crippen molar-refractivity contribution in [3.05, 3.63) is 53.6 Å². The zero-order chi connectivity index (χ0) is 21.6. The van der Waals surface area contributed by atoms with Gasteiger partial charge in [0.15, 0.2) is 0 Å². The fourth-order valence-corrected chi connectivity index (χ4v) is 4.09. The van der Waals surface area contributed by atoms with Gasteiger partial charge in [0.25, 0.3) is 5.91 Å². The normalized spacial score (nSPS) is 19.8. The van der Waals surface area contributed by atoms with Crippen LogP contribution in [0.4, 0.5) is 5.69 Å². The molecule has 31 heavy (non-hydrogen) atoms. The summed E-state index contributed by atoms with van der Waals surface area (Å²) in [6.45, 7) is 6.65. The van der Waals surface area contributed by atoms with Crippen LogP contribution in [-0.2, 0) is 9.53 Å². The van der Waals surface area contributed by atoms with Crippen molar-refractivity contribution in [1.82, 2.24) is 19.8 Å². The molecule has 0 saturated carbocycles. The van der Waals surface area contributed by atoms with Crippen molar-refractivity contribution in [2.45, 2.75) is 25.7 Å². The Kier molecular flexibility index (Phi) is 6.89. The minimum absolute atomic E-state index is 0.0901. The van der Waals surface area contributed by atoms with Crippen LogP contribution in [0.2, 0.25) is 0 Å².